The van der Waals surface area contributed by atoms with E-state index in [4.69, 9.17) is 27.9 Å². The zero-order valence-electron chi connectivity index (χ0n) is 14.2. The molecule has 0 bridgehead atoms. The van der Waals surface area contributed by atoms with Crippen molar-refractivity contribution in [3.63, 3.8) is 0 Å². The summed E-state index contributed by atoms with van der Waals surface area (Å²) in [6.07, 6.45) is -0.723. The van der Waals surface area contributed by atoms with Crippen LogP contribution in [0.3, 0.4) is 0 Å². The first-order valence-electron chi connectivity index (χ1n) is 7.11. The second kappa shape index (κ2) is 6.97. The molecule has 128 valence electrons. The number of rotatable bonds is 1. The number of hydrogen-bond acceptors (Lipinski definition) is 3. The summed E-state index contributed by atoms with van der Waals surface area (Å²) in [5.41, 5.74) is 1.31. The maximum Gasteiger partial charge on any atom is 0.426 e. The van der Waals surface area contributed by atoms with Crippen molar-refractivity contribution in [1.82, 2.24) is 10.4 Å². The molecular weight excluding hydrogens is 339 g/mol. The molecule has 0 spiro atoms. The Kier molecular flexibility index (Phi) is 5.94. The van der Waals surface area contributed by atoms with Gasteiger partial charge in [0.15, 0.2) is 0 Å². The van der Waals surface area contributed by atoms with Crippen LogP contribution in [0, 0.1) is 0 Å². The Morgan fingerprint density at radius 3 is 2.13 bits per heavy atom. The largest absolute Gasteiger partial charge is 0.443 e. The van der Waals surface area contributed by atoms with Crippen LogP contribution in [0.1, 0.15) is 51.9 Å². The fraction of sp³-hybridized carbons (Fsp3) is 0.500. The summed E-state index contributed by atoms with van der Waals surface area (Å²) in [6, 6.07) is 4.76. The minimum atomic E-state index is -0.723. The molecule has 2 amide bonds. The van der Waals surface area contributed by atoms with Crippen molar-refractivity contribution in [3.8, 4) is 0 Å². The van der Waals surface area contributed by atoms with E-state index in [9.17, 15) is 9.59 Å². The maximum absolute atomic E-state index is 12.8. The van der Waals surface area contributed by atoms with E-state index in [-0.39, 0.29) is 15.6 Å². The smallest absolute Gasteiger partial charge is 0.426 e. The van der Waals surface area contributed by atoms with Crippen LogP contribution in [0.15, 0.2) is 18.2 Å². The fourth-order valence-electron chi connectivity index (χ4n) is 1.70. The number of halogens is 2. The Morgan fingerprint density at radius 2 is 1.65 bits per heavy atom. The van der Waals surface area contributed by atoms with Gasteiger partial charge in [-0.05, 0) is 53.7 Å². The molecule has 0 aliphatic heterocycles. The van der Waals surface area contributed by atoms with E-state index in [2.05, 4.69) is 5.43 Å². The van der Waals surface area contributed by atoms with Crippen LogP contribution >= 0.6 is 23.2 Å². The average Bonchev–Trinajstić information content (AvgIpc) is 2.35. The summed E-state index contributed by atoms with van der Waals surface area (Å²) in [6.45, 7) is 10.6. The van der Waals surface area contributed by atoms with Crippen LogP contribution in [0.5, 0.6) is 0 Å². The third-order valence-electron chi connectivity index (χ3n) is 2.66. The lowest BCUT2D eigenvalue weighted by molar-refractivity contribution is 0.0118. The zero-order chi connectivity index (χ0) is 18.0. The van der Waals surface area contributed by atoms with Gasteiger partial charge in [0.2, 0.25) is 0 Å². The second-order valence-electron chi connectivity index (χ2n) is 7.03. The van der Waals surface area contributed by atoms with Gasteiger partial charge in [0.1, 0.15) is 5.60 Å². The summed E-state index contributed by atoms with van der Waals surface area (Å²) in [4.78, 5) is 24.8. The number of nitrogens with one attached hydrogen (secondary N) is 1. The van der Waals surface area contributed by atoms with Gasteiger partial charge in [-0.15, -0.1) is 0 Å². The summed E-state index contributed by atoms with van der Waals surface area (Å²) in [5.74, 6) is -0.476. The molecule has 0 aliphatic carbocycles. The monoisotopic (exact) mass is 360 g/mol. The van der Waals surface area contributed by atoms with Crippen molar-refractivity contribution in [3.05, 3.63) is 33.8 Å². The number of hydrazine groups is 1. The lowest BCUT2D eigenvalue weighted by atomic mass is 10.1. The van der Waals surface area contributed by atoms with Crippen LogP contribution in [0.25, 0.3) is 0 Å². The molecule has 0 aliphatic rings. The molecule has 0 heterocycles. The van der Waals surface area contributed by atoms with Crippen molar-refractivity contribution in [2.24, 2.45) is 0 Å². The van der Waals surface area contributed by atoms with Crippen molar-refractivity contribution in [1.29, 1.82) is 0 Å². The van der Waals surface area contributed by atoms with E-state index in [1.165, 1.54) is 5.01 Å². The topological polar surface area (TPSA) is 58.6 Å². The number of nitrogens with zero attached hydrogens (tertiary/aromatic N) is 1. The standard InChI is InChI=1S/C16H22Cl2N2O3/c1-15(2,3)20(19-14(22)23-16(4,5)6)13(21)10-8-7-9-11(17)12(10)18/h7-9H,1-6H3,(H,19,22). The first kappa shape index (κ1) is 19.6. The quantitative estimate of drug-likeness (QED) is 0.740. The summed E-state index contributed by atoms with van der Waals surface area (Å²) < 4.78 is 5.20. The number of hydrogen-bond donors (Lipinski definition) is 1. The summed E-state index contributed by atoms with van der Waals surface area (Å²) in [5, 5.41) is 1.58. The highest BCUT2D eigenvalue weighted by molar-refractivity contribution is 6.43. The van der Waals surface area contributed by atoms with Crippen LogP contribution in [-0.2, 0) is 4.74 Å². The van der Waals surface area contributed by atoms with E-state index in [0.717, 1.165) is 0 Å². The first-order valence-corrected chi connectivity index (χ1v) is 7.87. The van der Waals surface area contributed by atoms with Gasteiger partial charge in [-0.3, -0.25) is 4.79 Å². The molecule has 0 atom stereocenters. The van der Waals surface area contributed by atoms with Gasteiger partial charge < -0.3 is 4.74 Å². The predicted molar refractivity (Wildman–Crippen MR) is 91.8 cm³/mol. The van der Waals surface area contributed by atoms with E-state index in [0.29, 0.717) is 0 Å². The van der Waals surface area contributed by atoms with E-state index in [1.54, 1.807) is 59.7 Å². The zero-order valence-corrected chi connectivity index (χ0v) is 15.7. The van der Waals surface area contributed by atoms with E-state index < -0.39 is 23.1 Å². The van der Waals surface area contributed by atoms with Gasteiger partial charge >= 0.3 is 6.09 Å². The third-order valence-corrected chi connectivity index (χ3v) is 3.48. The second-order valence-corrected chi connectivity index (χ2v) is 7.81. The fourth-order valence-corrected chi connectivity index (χ4v) is 2.09. The molecule has 7 heteroatoms. The molecular formula is C16H22Cl2N2O3. The normalized spacial score (nSPS) is 11.8. The van der Waals surface area contributed by atoms with Crippen LogP contribution in [0.4, 0.5) is 4.79 Å². The third kappa shape index (κ3) is 5.59. The Hall–Kier alpha value is -1.46. The van der Waals surface area contributed by atoms with E-state index in [1.807, 2.05) is 0 Å². The van der Waals surface area contributed by atoms with Gasteiger partial charge in [0.05, 0.1) is 21.1 Å². The Morgan fingerprint density at radius 1 is 1.09 bits per heavy atom. The van der Waals surface area contributed by atoms with Gasteiger partial charge in [-0.25, -0.2) is 15.2 Å². The molecule has 1 aromatic rings. The van der Waals surface area contributed by atoms with Gasteiger partial charge in [0, 0.05) is 0 Å². The van der Waals surface area contributed by atoms with Crippen LogP contribution < -0.4 is 5.43 Å². The summed E-state index contributed by atoms with van der Waals surface area (Å²) in [7, 11) is 0. The molecule has 0 saturated carbocycles. The van der Waals surface area contributed by atoms with Crippen molar-refractivity contribution in [2.75, 3.05) is 0 Å². The van der Waals surface area contributed by atoms with Crippen LogP contribution in [-0.4, -0.2) is 28.1 Å². The Bertz CT molecular complexity index is 604. The molecule has 0 radical (unpaired) electrons. The maximum atomic E-state index is 12.8. The van der Waals surface area contributed by atoms with Crippen molar-refractivity contribution >= 4 is 35.2 Å². The number of amides is 2. The number of ether oxygens (including phenoxy) is 1. The Labute approximate surface area is 146 Å². The minimum absolute atomic E-state index is 0.138. The Balaban J connectivity index is 3.10. The molecule has 0 fully saturated rings. The molecule has 1 N–H and O–H groups in total. The highest BCUT2D eigenvalue weighted by atomic mass is 35.5. The molecule has 0 saturated heterocycles. The first-order chi connectivity index (χ1) is 10.3. The highest BCUT2D eigenvalue weighted by Crippen LogP contribution is 2.28. The van der Waals surface area contributed by atoms with Crippen molar-refractivity contribution in [2.45, 2.75) is 52.7 Å². The number of carbonyl (C=O) groups is 2. The molecule has 0 unspecified atom stereocenters. The lowest BCUT2D eigenvalue weighted by Gasteiger charge is -2.36. The minimum Gasteiger partial charge on any atom is -0.443 e. The van der Waals surface area contributed by atoms with Gasteiger partial charge in [0.25, 0.3) is 5.91 Å². The highest BCUT2D eigenvalue weighted by Gasteiger charge is 2.32. The van der Waals surface area contributed by atoms with Gasteiger partial charge in [-0.1, -0.05) is 29.3 Å². The molecule has 1 rings (SSSR count). The lowest BCUT2D eigenvalue weighted by Crippen LogP contribution is -2.56. The van der Waals surface area contributed by atoms with Crippen LogP contribution in [0.2, 0.25) is 10.0 Å². The number of benzene rings is 1. The number of carbonyl (C=O) groups excluding carboxylic acids is 2. The SMILES string of the molecule is CC(C)(C)OC(=O)NN(C(=O)c1cccc(Cl)c1Cl)C(C)(C)C. The van der Waals surface area contributed by atoms with Gasteiger partial charge in [-0.2, -0.15) is 0 Å². The average molecular weight is 361 g/mol. The molecule has 23 heavy (non-hydrogen) atoms. The molecule has 1 aromatic carbocycles. The van der Waals surface area contributed by atoms with Crippen molar-refractivity contribution < 1.29 is 14.3 Å². The summed E-state index contributed by atoms with van der Waals surface area (Å²) >= 11 is 12.1. The van der Waals surface area contributed by atoms with E-state index >= 15 is 0 Å². The predicted octanol–water partition coefficient (Wildman–Crippen LogP) is 4.67. The molecule has 5 nitrogen and oxygen atoms in total. The molecule has 0 aromatic heterocycles.